The van der Waals surface area contributed by atoms with Gasteiger partial charge in [-0.3, -0.25) is 0 Å². The minimum absolute atomic E-state index is 0. The molecule has 0 amide bonds. The second-order valence-corrected chi connectivity index (χ2v) is 3.14. The van der Waals surface area contributed by atoms with E-state index in [9.17, 15) is 4.79 Å². The van der Waals surface area contributed by atoms with E-state index in [2.05, 4.69) is 15.9 Å². The molecule has 0 bridgehead atoms. The second-order valence-electron chi connectivity index (χ2n) is 2.23. The summed E-state index contributed by atoms with van der Waals surface area (Å²) in [7, 11) is 0. The fraction of sp³-hybridized carbons (Fsp3) is 0.222. The Morgan fingerprint density at radius 3 is 2.38 bits per heavy atom. The molecule has 1 aromatic rings. The largest absolute Gasteiger partial charge is 0.462 e. The van der Waals surface area contributed by atoms with E-state index < -0.39 is 0 Å². The molecule has 0 N–H and O–H groups in total. The summed E-state index contributed by atoms with van der Waals surface area (Å²) >= 11 is 3.28. The molecule has 1 rings (SSSR count). The summed E-state index contributed by atoms with van der Waals surface area (Å²) in [6.45, 7) is 2.20. The Kier molecular flexibility index (Phi) is 6.18. The van der Waals surface area contributed by atoms with Crippen molar-refractivity contribution in [3.63, 3.8) is 0 Å². The molecule has 0 aliphatic rings. The Balaban J connectivity index is 0.00000144. The molecule has 66 valence electrons. The summed E-state index contributed by atoms with van der Waals surface area (Å²) < 4.78 is 5.77. The maximum atomic E-state index is 11.1. The van der Waals surface area contributed by atoms with Gasteiger partial charge in [-0.2, -0.15) is 0 Å². The van der Waals surface area contributed by atoms with Crippen LogP contribution >= 0.6 is 15.9 Å². The van der Waals surface area contributed by atoms with Gasteiger partial charge in [0.1, 0.15) is 0 Å². The number of carbonyl (C=O) groups is 1. The molecule has 0 aliphatic carbocycles. The number of esters is 1. The van der Waals surface area contributed by atoms with E-state index >= 15 is 0 Å². The Labute approximate surface area is 98.6 Å². The standard InChI is InChI=1S/C9H9BrO2.Zn/c1-2-12-9(11)7-3-5-8(10)6-4-7;/h3-6H,2H2,1H3;. The first-order chi connectivity index (χ1) is 5.74. The first-order valence-corrected chi connectivity index (χ1v) is 4.46. The molecule has 0 unspecified atom stereocenters. The van der Waals surface area contributed by atoms with Gasteiger partial charge >= 0.3 is 5.97 Å². The summed E-state index contributed by atoms with van der Waals surface area (Å²) in [5.74, 6) is -0.273. The third-order valence-electron chi connectivity index (χ3n) is 1.36. The van der Waals surface area contributed by atoms with Crippen molar-refractivity contribution in [1.29, 1.82) is 0 Å². The molecule has 0 aliphatic heterocycles. The van der Waals surface area contributed by atoms with Crippen molar-refractivity contribution in [3.05, 3.63) is 34.3 Å². The van der Waals surface area contributed by atoms with Crippen molar-refractivity contribution >= 4 is 21.9 Å². The van der Waals surface area contributed by atoms with Crippen molar-refractivity contribution < 1.29 is 29.0 Å². The number of hydrogen-bond donors (Lipinski definition) is 0. The van der Waals surface area contributed by atoms with Gasteiger partial charge in [-0.1, -0.05) is 15.9 Å². The van der Waals surface area contributed by atoms with Gasteiger partial charge in [0.25, 0.3) is 0 Å². The van der Waals surface area contributed by atoms with E-state index in [0.717, 1.165) is 4.47 Å². The molecular formula is C9H9BrO2Zn. The molecule has 0 heterocycles. The molecule has 0 saturated carbocycles. The average molecular weight is 294 g/mol. The molecule has 0 atom stereocenters. The maximum Gasteiger partial charge on any atom is 0.338 e. The minimum Gasteiger partial charge on any atom is -0.462 e. The molecular weight excluding hydrogens is 285 g/mol. The number of benzene rings is 1. The van der Waals surface area contributed by atoms with Gasteiger partial charge in [0.15, 0.2) is 0 Å². The fourth-order valence-corrected chi connectivity index (χ4v) is 1.06. The molecule has 0 fully saturated rings. The number of rotatable bonds is 2. The summed E-state index contributed by atoms with van der Waals surface area (Å²) in [6.07, 6.45) is 0. The third kappa shape index (κ3) is 4.01. The van der Waals surface area contributed by atoms with Crippen molar-refractivity contribution in [1.82, 2.24) is 0 Å². The van der Waals surface area contributed by atoms with Crippen molar-refractivity contribution in [2.45, 2.75) is 6.92 Å². The number of ether oxygens (including phenoxy) is 1. The minimum atomic E-state index is -0.273. The van der Waals surface area contributed by atoms with Crippen LogP contribution in [0.15, 0.2) is 28.7 Å². The topological polar surface area (TPSA) is 26.3 Å². The zero-order valence-electron chi connectivity index (χ0n) is 7.42. The fourth-order valence-electron chi connectivity index (χ4n) is 0.800. The zero-order valence-corrected chi connectivity index (χ0v) is 12.0. The van der Waals surface area contributed by atoms with Gasteiger partial charge < -0.3 is 4.74 Å². The van der Waals surface area contributed by atoms with E-state index in [1.807, 2.05) is 12.1 Å². The van der Waals surface area contributed by atoms with Crippen LogP contribution in [-0.4, -0.2) is 12.6 Å². The summed E-state index contributed by atoms with van der Waals surface area (Å²) in [5, 5.41) is 0. The Morgan fingerprint density at radius 2 is 1.92 bits per heavy atom. The van der Waals surface area contributed by atoms with Gasteiger partial charge in [-0.25, -0.2) is 4.79 Å². The molecule has 0 aromatic heterocycles. The monoisotopic (exact) mass is 292 g/mol. The van der Waals surface area contributed by atoms with Crippen LogP contribution in [0.3, 0.4) is 0 Å². The Morgan fingerprint density at radius 1 is 1.38 bits per heavy atom. The Hall–Kier alpha value is -0.207. The molecule has 0 saturated heterocycles. The van der Waals surface area contributed by atoms with Gasteiger partial charge in [-0.15, -0.1) is 0 Å². The number of hydrogen-bond acceptors (Lipinski definition) is 2. The van der Waals surface area contributed by atoms with Crippen LogP contribution < -0.4 is 0 Å². The van der Waals surface area contributed by atoms with E-state index in [0.29, 0.717) is 12.2 Å². The molecule has 0 radical (unpaired) electrons. The van der Waals surface area contributed by atoms with Gasteiger partial charge in [-0.05, 0) is 31.2 Å². The van der Waals surface area contributed by atoms with Gasteiger partial charge in [0.05, 0.1) is 12.2 Å². The van der Waals surface area contributed by atoms with E-state index in [1.54, 1.807) is 19.1 Å². The molecule has 13 heavy (non-hydrogen) atoms. The molecule has 1 aromatic carbocycles. The van der Waals surface area contributed by atoms with E-state index in [4.69, 9.17) is 4.74 Å². The summed E-state index contributed by atoms with van der Waals surface area (Å²) in [5.41, 5.74) is 0.583. The van der Waals surface area contributed by atoms with Crippen molar-refractivity contribution in [2.75, 3.05) is 6.61 Å². The van der Waals surface area contributed by atoms with Crippen LogP contribution in [0, 0.1) is 0 Å². The normalized spacial score (nSPS) is 8.77. The third-order valence-corrected chi connectivity index (χ3v) is 1.88. The first kappa shape index (κ1) is 12.8. The molecule has 2 nitrogen and oxygen atoms in total. The molecule has 0 spiro atoms. The number of carbonyl (C=O) groups excluding carboxylic acids is 1. The predicted molar refractivity (Wildman–Crippen MR) is 50.1 cm³/mol. The van der Waals surface area contributed by atoms with Crippen molar-refractivity contribution in [3.8, 4) is 0 Å². The average Bonchev–Trinajstić information content (AvgIpc) is 2.06. The first-order valence-electron chi connectivity index (χ1n) is 3.66. The van der Waals surface area contributed by atoms with Gasteiger partial charge in [0.2, 0.25) is 0 Å². The van der Waals surface area contributed by atoms with Crippen LogP contribution in [-0.2, 0) is 24.2 Å². The quantitative estimate of drug-likeness (QED) is 0.619. The van der Waals surface area contributed by atoms with E-state index in [-0.39, 0.29) is 25.4 Å². The summed E-state index contributed by atoms with van der Waals surface area (Å²) in [4.78, 5) is 11.1. The van der Waals surface area contributed by atoms with Crippen LogP contribution in [0.4, 0.5) is 0 Å². The second kappa shape index (κ2) is 6.28. The van der Waals surface area contributed by atoms with Crippen LogP contribution in [0.5, 0.6) is 0 Å². The predicted octanol–water partition coefficient (Wildman–Crippen LogP) is 2.62. The van der Waals surface area contributed by atoms with Gasteiger partial charge in [0, 0.05) is 24.0 Å². The van der Waals surface area contributed by atoms with Crippen LogP contribution in [0.2, 0.25) is 0 Å². The smallest absolute Gasteiger partial charge is 0.338 e. The summed E-state index contributed by atoms with van der Waals surface area (Å²) in [6, 6.07) is 7.07. The Bertz CT molecular complexity index is 271. The molecule has 4 heteroatoms. The van der Waals surface area contributed by atoms with E-state index in [1.165, 1.54) is 0 Å². The SMILES string of the molecule is CCOC(=O)c1ccc(Br)cc1.[Zn]. The van der Waals surface area contributed by atoms with Crippen molar-refractivity contribution in [2.24, 2.45) is 0 Å². The van der Waals surface area contributed by atoms with Crippen LogP contribution in [0.25, 0.3) is 0 Å². The number of halogens is 1. The zero-order chi connectivity index (χ0) is 8.97. The maximum absolute atomic E-state index is 11.1. The van der Waals surface area contributed by atoms with Crippen LogP contribution in [0.1, 0.15) is 17.3 Å².